The molecule has 0 saturated carbocycles. The van der Waals surface area contributed by atoms with Gasteiger partial charge in [-0.1, -0.05) is 59.7 Å². The minimum absolute atomic E-state index is 0.0348. The summed E-state index contributed by atoms with van der Waals surface area (Å²) in [6.45, 7) is 3.96. The molecule has 7 heteroatoms. The van der Waals surface area contributed by atoms with E-state index in [1.54, 1.807) is 24.3 Å². The van der Waals surface area contributed by atoms with Gasteiger partial charge in [-0.25, -0.2) is 8.42 Å². The first kappa shape index (κ1) is 18.2. The molecule has 0 N–H and O–H groups in total. The van der Waals surface area contributed by atoms with Gasteiger partial charge in [-0.3, -0.25) is 0 Å². The molecule has 4 nitrogen and oxygen atoms in total. The van der Waals surface area contributed by atoms with Crippen LogP contribution in [0.2, 0.25) is 0 Å². The summed E-state index contributed by atoms with van der Waals surface area (Å²) >= 11 is 4.66. The normalized spacial score (nSPS) is 11.8. The number of hydrogen-bond acceptors (Lipinski definition) is 5. The molecule has 3 rings (SSSR count). The standard InChI is InChI=1S/C18H16BrNO3S2/c1-12(2)24-18-17(20-16(23-18)13-6-4-3-5-7-13)25(21,22)15-10-8-14(19)9-11-15/h3-12H,1-2H3. The van der Waals surface area contributed by atoms with Gasteiger partial charge in [0.2, 0.25) is 25.8 Å². The van der Waals surface area contributed by atoms with Crippen molar-refractivity contribution < 1.29 is 12.8 Å². The Balaban J connectivity index is 2.13. The first-order valence-electron chi connectivity index (χ1n) is 7.61. The fraction of sp³-hybridized carbons (Fsp3) is 0.167. The van der Waals surface area contributed by atoms with E-state index in [1.807, 2.05) is 44.2 Å². The number of rotatable bonds is 5. The van der Waals surface area contributed by atoms with Crippen LogP contribution in [0.15, 0.2) is 78.5 Å². The Bertz CT molecular complexity index is 965. The predicted molar refractivity (Wildman–Crippen MR) is 103 cm³/mol. The first-order chi connectivity index (χ1) is 11.9. The van der Waals surface area contributed by atoms with Crippen molar-refractivity contribution in [2.45, 2.75) is 34.1 Å². The summed E-state index contributed by atoms with van der Waals surface area (Å²) in [4.78, 5) is 4.51. The third-order valence-electron chi connectivity index (χ3n) is 3.31. The molecule has 2 aromatic carbocycles. The third-order valence-corrected chi connectivity index (χ3v) is 6.61. The largest absolute Gasteiger partial charge is 0.428 e. The Labute approximate surface area is 159 Å². The van der Waals surface area contributed by atoms with Crippen LogP contribution < -0.4 is 0 Å². The van der Waals surface area contributed by atoms with Crippen LogP contribution in [-0.4, -0.2) is 18.7 Å². The van der Waals surface area contributed by atoms with Gasteiger partial charge in [-0.15, -0.1) is 0 Å². The molecule has 0 atom stereocenters. The second-order valence-electron chi connectivity index (χ2n) is 5.60. The summed E-state index contributed by atoms with van der Waals surface area (Å²) in [5.74, 6) is 0.305. The number of benzene rings is 2. The Morgan fingerprint density at radius 3 is 2.28 bits per heavy atom. The van der Waals surface area contributed by atoms with Gasteiger partial charge in [-0.2, -0.15) is 4.98 Å². The van der Waals surface area contributed by atoms with Crippen LogP contribution in [-0.2, 0) is 9.84 Å². The second-order valence-corrected chi connectivity index (χ2v) is 9.93. The van der Waals surface area contributed by atoms with Gasteiger partial charge in [0.15, 0.2) is 0 Å². The fourth-order valence-electron chi connectivity index (χ4n) is 2.18. The molecule has 25 heavy (non-hydrogen) atoms. The number of halogens is 1. The van der Waals surface area contributed by atoms with E-state index in [0.717, 1.165) is 10.0 Å². The zero-order valence-corrected chi connectivity index (χ0v) is 16.9. The lowest BCUT2D eigenvalue weighted by molar-refractivity contribution is 0.469. The minimum Gasteiger partial charge on any atom is -0.428 e. The zero-order chi connectivity index (χ0) is 18.0. The highest BCUT2D eigenvalue weighted by Crippen LogP contribution is 2.36. The van der Waals surface area contributed by atoms with Crippen molar-refractivity contribution in [1.29, 1.82) is 0 Å². The van der Waals surface area contributed by atoms with Crippen LogP contribution in [0.3, 0.4) is 0 Å². The van der Waals surface area contributed by atoms with E-state index in [1.165, 1.54) is 11.8 Å². The van der Waals surface area contributed by atoms with Gasteiger partial charge >= 0.3 is 0 Å². The minimum atomic E-state index is -3.77. The zero-order valence-electron chi connectivity index (χ0n) is 13.6. The average molecular weight is 438 g/mol. The van der Waals surface area contributed by atoms with Gasteiger partial charge in [0.05, 0.1) is 4.90 Å². The molecule has 0 amide bonds. The molecule has 0 unspecified atom stereocenters. The molecule has 130 valence electrons. The van der Waals surface area contributed by atoms with E-state index < -0.39 is 9.84 Å². The molecule has 0 aliphatic heterocycles. The molecule has 0 radical (unpaired) electrons. The van der Waals surface area contributed by atoms with Gasteiger partial charge in [0.25, 0.3) is 0 Å². The van der Waals surface area contributed by atoms with Crippen molar-refractivity contribution in [1.82, 2.24) is 4.98 Å². The highest BCUT2D eigenvalue weighted by atomic mass is 79.9. The maximum Gasteiger partial charge on any atom is 0.228 e. The summed E-state index contributed by atoms with van der Waals surface area (Å²) in [5, 5.41) is 0.444. The molecule has 0 aliphatic rings. The monoisotopic (exact) mass is 437 g/mol. The van der Waals surface area contributed by atoms with Crippen LogP contribution in [0.1, 0.15) is 13.8 Å². The van der Waals surface area contributed by atoms with Gasteiger partial charge in [0, 0.05) is 15.3 Å². The lowest BCUT2D eigenvalue weighted by Gasteiger charge is -2.05. The van der Waals surface area contributed by atoms with Crippen molar-refractivity contribution in [3.05, 3.63) is 59.1 Å². The maximum atomic E-state index is 13.0. The SMILES string of the molecule is CC(C)Sc1oc(-c2ccccc2)nc1S(=O)(=O)c1ccc(Br)cc1. The Morgan fingerprint density at radius 2 is 1.68 bits per heavy atom. The van der Waals surface area contributed by atoms with Crippen molar-refractivity contribution in [2.75, 3.05) is 0 Å². The molecule has 1 heterocycles. The summed E-state index contributed by atoms with van der Waals surface area (Å²) < 4.78 is 32.7. The van der Waals surface area contributed by atoms with E-state index in [2.05, 4.69) is 20.9 Å². The number of aromatic nitrogens is 1. The lowest BCUT2D eigenvalue weighted by Crippen LogP contribution is -2.04. The second kappa shape index (κ2) is 7.35. The van der Waals surface area contributed by atoms with Gasteiger partial charge in [0.1, 0.15) is 0 Å². The lowest BCUT2D eigenvalue weighted by atomic mass is 10.2. The van der Waals surface area contributed by atoms with Crippen LogP contribution in [0.5, 0.6) is 0 Å². The van der Waals surface area contributed by atoms with Crippen molar-refractivity contribution in [2.24, 2.45) is 0 Å². The molecular formula is C18H16BrNO3S2. The highest BCUT2D eigenvalue weighted by Gasteiger charge is 2.29. The highest BCUT2D eigenvalue weighted by molar-refractivity contribution is 9.10. The van der Waals surface area contributed by atoms with E-state index in [-0.39, 0.29) is 15.2 Å². The number of nitrogens with zero attached hydrogens (tertiary/aromatic N) is 1. The van der Waals surface area contributed by atoms with Crippen LogP contribution in [0.25, 0.3) is 11.5 Å². The number of thioether (sulfide) groups is 1. The van der Waals surface area contributed by atoms with E-state index in [4.69, 9.17) is 4.42 Å². The third kappa shape index (κ3) is 3.99. The Kier molecular flexibility index (Phi) is 5.36. The Morgan fingerprint density at radius 1 is 1.04 bits per heavy atom. The summed E-state index contributed by atoms with van der Waals surface area (Å²) in [7, 11) is -3.77. The molecule has 0 saturated heterocycles. The van der Waals surface area contributed by atoms with Gasteiger partial charge in [-0.05, 0) is 36.4 Å². The molecule has 0 aliphatic carbocycles. The quantitative estimate of drug-likeness (QED) is 0.497. The summed E-state index contributed by atoms with van der Waals surface area (Å²) in [6.07, 6.45) is 0. The number of hydrogen-bond donors (Lipinski definition) is 0. The fourth-order valence-corrected chi connectivity index (χ4v) is 4.80. The molecule has 1 aromatic heterocycles. The molecule has 0 bridgehead atoms. The topological polar surface area (TPSA) is 60.2 Å². The van der Waals surface area contributed by atoms with Crippen molar-refractivity contribution in [3.63, 3.8) is 0 Å². The number of oxazole rings is 1. The van der Waals surface area contributed by atoms with E-state index >= 15 is 0 Å². The Hall–Kier alpha value is -1.57. The van der Waals surface area contributed by atoms with Crippen LogP contribution >= 0.6 is 27.7 Å². The van der Waals surface area contributed by atoms with E-state index in [0.29, 0.717) is 11.0 Å². The van der Waals surface area contributed by atoms with E-state index in [9.17, 15) is 8.42 Å². The molecule has 0 spiro atoms. The molecule has 3 aromatic rings. The summed E-state index contributed by atoms with van der Waals surface area (Å²) in [5.41, 5.74) is 0.741. The van der Waals surface area contributed by atoms with Crippen molar-refractivity contribution in [3.8, 4) is 11.5 Å². The molecule has 0 fully saturated rings. The van der Waals surface area contributed by atoms with Crippen LogP contribution in [0.4, 0.5) is 0 Å². The van der Waals surface area contributed by atoms with Crippen LogP contribution in [0, 0.1) is 0 Å². The first-order valence-corrected chi connectivity index (χ1v) is 10.8. The predicted octanol–water partition coefficient (Wildman–Crippen LogP) is 5.44. The summed E-state index contributed by atoms with van der Waals surface area (Å²) in [6, 6.07) is 15.8. The number of sulfone groups is 1. The smallest absolute Gasteiger partial charge is 0.228 e. The van der Waals surface area contributed by atoms with Gasteiger partial charge < -0.3 is 4.42 Å². The molecular weight excluding hydrogens is 422 g/mol. The average Bonchev–Trinajstić information content (AvgIpc) is 3.00. The van der Waals surface area contributed by atoms with Crippen molar-refractivity contribution >= 4 is 37.5 Å². The maximum absolute atomic E-state index is 13.0.